The lowest BCUT2D eigenvalue weighted by Gasteiger charge is -2.08. The average Bonchev–Trinajstić information content (AvgIpc) is 2.94. The molecule has 1 aromatic heterocycles. The van der Waals surface area contributed by atoms with Crippen LogP contribution < -0.4 is 10.6 Å². The summed E-state index contributed by atoms with van der Waals surface area (Å²) in [7, 11) is 0. The number of ether oxygens (including phenoxy) is 2. The van der Waals surface area contributed by atoms with Crippen LogP contribution in [0, 0.1) is 13.8 Å². The van der Waals surface area contributed by atoms with Crippen LogP contribution in [0.15, 0.2) is 30.3 Å². The Balaban J connectivity index is 1.92. The molecule has 3 N–H and O–H groups in total. The second kappa shape index (κ2) is 9.54. The van der Waals surface area contributed by atoms with Crippen molar-refractivity contribution in [2.75, 3.05) is 11.9 Å². The van der Waals surface area contributed by atoms with Gasteiger partial charge in [0.15, 0.2) is 6.61 Å². The van der Waals surface area contributed by atoms with Gasteiger partial charge in [0.25, 0.3) is 5.91 Å². The first kappa shape index (κ1) is 21.7. The van der Waals surface area contributed by atoms with E-state index in [-0.39, 0.29) is 17.4 Å². The first-order chi connectivity index (χ1) is 13.7. The van der Waals surface area contributed by atoms with Crippen molar-refractivity contribution in [3.8, 4) is 0 Å². The van der Waals surface area contributed by atoms with Crippen LogP contribution >= 0.6 is 0 Å². The van der Waals surface area contributed by atoms with Gasteiger partial charge in [-0.15, -0.1) is 0 Å². The summed E-state index contributed by atoms with van der Waals surface area (Å²) in [5.74, 6) is -2.18. The predicted octanol–water partition coefficient (Wildman–Crippen LogP) is 2.70. The number of H-pyrrole nitrogens is 1. The zero-order chi connectivity index (χ0) is 21.6. The largest absolute Gasteiger partial charge is 0.459 e. The molecule has 0 unspecified atom stereocenters. The molecule has 2 rings (SSSR count). The monoisotopic (exact) mass is 401 g/mol. The highest BCUT2D eigenvalue weighted by Gasteiger charge is 2.25. The maximum atomic E-state index is 12.3. The maximum absolute atomic E-state index is 12.3. The van der Waals surface area contributed by atoms with E-state index in [9.17, 15) is 19.2 Å². The molecule has 0 bridgehead atoms. The van der Waals surface area contributed by atoms with E-state index in [1.807, 2.05) is 0 Å². The minimum absolute atomic E-state index is 0.0414. The Morgan fingerprint density at radius 1 is 1.03 bits per heavy atom. The number of carbonyl (C=O) groups is 4. The predicted molar refractivity (Wildman–Crippen MR) is 105 cm³/mol. The van der Waals surface area contributed by atoms with E-state index >= 15 is 0 Å². The average molecular weight is 401 g/mol. The van der Waals surface area contributed by atoms with E-state index in [4.69, 9.17) is 9.47 Å². The van der Waals surface area contributed by atoms with Gasteiger partial charge in [-0.2, -0.15) is 0 Å². The molecule has 0 fully saturated rings. The third-order valence-electron chi connectivity index (χ3n) is 3.81. The lowest BCUT2D eigenvalue weighted by atomic mass is 10.1. The number of aryl methyl sites for hydroxylation is 1. The normalized spacial score (nSPS) is 10.4. The van der Waals surface area contributed by atoms with Gasteiger partial charge >= 0.3 is 18.0 Å². The fourth-order valence-corrected chi connectivity index (χ4v) is 2.58. The van der Waals surface area contributed by atoms with Crippen molar-refractivity contribution in [1.82, 2.24) is 10.3 Å². The number of benzene rings is 1. The van der Waals surface area contributed by atoms with E-state index in [0.717, 1.165) is 0 Å². The molecule has 0 aliphatic rings. The molecule has 2 aromatic rings. The van der Waals surface area contributed by atoms with Crippen LogP contribution in [-0.2, 0) is 14.3 Å². The molecule has 0 atom stereocenters. The summed E-state index contributed by atoms with van der Waals surface area (Å²) >= 11 is 0. The fraction of sp³-hybridized carbons (Fsp3) is 0.300. The number of nitrogens with one attached hydrogen (secondary N) is 3. The van der Waals surface area contributed by atoms with Crippen LogP contribution in [0.1, 0.15) is 46.0 Å². The van der Waals surface area contributed by atoms with Crippen molar-refractivity contribution >= 4 is 29.6 Å². The van der Waals surface area contributed by atoms with Crippen molar-refractivity contribution < 1.29 is 28.7 Å². The van der Waals surface area contributed by atoms with Crippen molar-refractivity contribution in [3.05, 3.63) is 52.8 Å². The molecule has 0 saturated heterocycles. The van der Waals surface area contributed by atoms with E-state index in [1.54, 1.807) is 58.0 Å². The van der Waals surface area contributed by atoms with Crippen molar-refractivity contribution in [1.29, 1.82) is 0 Å². The smallest absolute Gasteiger partial charge is 0.355 e. The van der Waals surface area contributed by atoms with Crippen molar-refractivity contribution in [2.24, 2.45) is 0 Å². The highest BCUT2D eigenvalue weighted by Crippen LogP contribution is 2.20. The number of esters is 2. The van der Waals surface area contributed by atoms with E-state index < -0.39 is 30.5 Å². The number of rotatable bonds is 6. The van der Waals surface area contributed by atoms with Gasteiger partial charge in [0.05, 0.1) is 11.7 Å². The van der Waals surface area contributed by atoms with Crippen LogP contribution in [0.2, 0.25) is 0 Å². The third-order valence-corrected chi connectivity index (χ3v) is 3.81. The molecule has 3 amide bonds. The Hall–Kier alpha value is -3.62. The molecule has 154 valence electrons. The molecule has 0 radical (unpaired) electrons. The zero-order valence-corrected chi connectivity index (χ0v) is 16.6. The second-order valence-corrected chi connectivity index (χ2v) is 6.52. The Bertz CT molecular complexity index is 918. The molecule has 1 heterocycles. The number of amides is 3. The third kappa shape index (κ3) is 5.93. The Morgan fingerprint density at radius 3 is 2.31 bits per heavy atom. The van der Waals surface area contributed by atoms with Gasteiger partial charge in [-0.3, -0.25) is 10.1 Å². The SMILES string of the molecule is Cc1[nH]c(C(=O)OCC(=O)NC(=O)Nc2ccccc2)c(C)c1C(=O)OC(C)C. The van der Waals surface area contributed by atoms with Crippen LogP contribution in [0.5, 0.6) is 0 Å². The summed E-state index contributed by atoms with van der Waals surface area (Å²) in [5.41, 5.74) is 1.61. The minimum atomic E-state index is -0.826. The van der Waals surface area contributed by atoms with Crippen LogP contribution in [0.25, 0.3) is 0 Å². The number of imide groups is 1. The van der Waals surface area contributed by atoms with Gasteiger partial charge in [0.1, 0.15) is 5.69 Å². The second-order valence-electron chi connectivity index (χ2n) is 6.52. The molecule has 0 spiro atoms. The van der Waals surface area contributed by atoms with Crippen LogP contribution in [0.3, 0.4) is 0 Å². The quantitative estimate of drug-likeness (QED) is 0.639. The molecule has 0 aliphatic carbocycles. The van der Waals surface area contributed by atoms with Crippen LogP contribution in [-0.4, -0.2) is 41.6 Å². The molecule has 0 saturated carbocycles. The molecule has 9 nitrogen and oxygen atoms in total. The highest BCUT2D eigenvalue weighted by molar-refractivity contribution is 6.03. The topological polar surface area (TPSA) is 127 Å². The fourth-order valence-electron chi connectivity index (χ4n) is 2.58. The Kier molecular flexibility index (Phi) is 7.13. The lowest BCUT2D eigenvalue weighted by Crippen LogP contribution is -2.37. The number of hydrogen-bond donors (Lipinski definition) is 3. The Labute approximate surface area is 167 Å². The highest BCUT2D eigenvalue weighted by atomic mass is 16.5. The van der Waals surface area contributed by atoms with E-state index in [0.29, 0.717) is 16.9 Å². The van der Waals surface area contributed by atoms with Gasteiger partial charge in [-0.1, -0.05) is 18.2 Å². The van der Waals surface area contributed by atoms with Crippen LogP contribution in [0.4, 0.5) is 10.5 Å². The molecule has 0 aliphatic heterocycles. The molecule has 1 aromatic carbocycles. The molecular formula is C20H23N3O6. The standard InChI is InChI=1S/C20H23N3O6/c1-11(2)29-18(25)16-12(3)17(21-13(16)4)19(26)28-10-15(24)23-20(27)22-14-8-6-5-7-9-14/h5-9,11,21H,10H2,1-4H3,(H2,22,23,24,27). The first-order valence-electron chi connectivity index (χ1n) is 8.92. The van der Waals surface area contributed by atoms with Gasteiger partial charge in [-0.05, 0) is 45.4 Å². The van der Waals surface area contributed by atoms with E-state index in [2.05, 4.69) is 15.6 Å². The van der Waals surface area contributed by atoms with Gasteiger partial charge < -0.3 is 19.8 Å². The minimum Gasteiger partial charge on any atom is -0.459 e. The number of aromatic amines is 1. The number of carbonyl (C=O) groups excluding carboxylic acids is 4. The number of anilines is 1. The first-order valence-corrected chi connectivity index (χ1v) is 8.92. The number of para-hydroxylation sites is 1. The maximum Gasteiger partial charge on any atom is 0.355 e. The summed E-state index contributed by atoms with van der Waals surface area (Å²) in [4.78, 5) is 50.8. The summed E-state index contributed by atoms with van der Waals surface area (Å²) in [6.45, 7) is 5.98. The summed E-state index contributed by atoms with van der Waals surface area (Å²) < 4.78 is 10.1. The molecule has 29 heavy (non-hydrogen) atoms. The van der Waals surface area contributed by atoms with Crippen molar-refractivity contribution in [3.63, 3.8) is 0 Å². The summed E-state index contributed by atoms with van der Waals surface area (Å²) in [6.07, 6.45) is -0.308. The Morgan fingerprint density at radius 2 is 1.69 bits per heavy atom. The molecule has 9 heteroatoms. The summed E-state index contributed by atoms with van der Waals surface area (Å²) in [5, 5.41) is 4.53. The number of urea groups is 1. The van der Waals surface area contributed by atoms with Gasteiger partial charge in [0.2, 0.25) is 0 Å². The zero-order valence-electron chi connectivity index (χ0n) is 16.6. The van der Waals surface area contributed by atoms with E-state index in [1.165, 1.54) is 0 Å². The number of aromatic nitrogens is 1. The molecular weight excluding hydrogens is 378 g/mol. The summed E-state index contributed by atoms with van der Waals surface area (Å²) in [6, 6.07) is 7.80. The van der Waals surface area contributed by atoms with Gasteiger partial charge in [0, 0.05) is 11.4 Å². The number of hydrogen-bond acceptors (Lipinski definition) is 6. The van der Waals surface area contributed by atoms with Gasteiger partial charge in [-0.25, -0.2) is 14.4 Å². The van der Waals surface area contributed by atoms with Crippen molar-refractivity contribution in [2.45, 2.75) is 33.8 Å². The lowest BCUT2D eigenvalue weighted by molar-refractivity contribution is -0.123.